The summed E-state index contributed by atoms with van der Waals surface area (Å²) in [5.74, 6) is -0.500. The summed E-state index contributed by atoms with van der Waals surface area (Å²) in [5.41, 5.74) is 4.31. The van der Waals surface area contributed by atoms with Gasteiger partial charge in [-0.15, -0.1) is 0 Å². The van der Waals surface area contributed by atoms with E-state index in [4.69, 9.17) is 23.2 Å². The Morgan fingerprint density at radius 3 is 2.52 bits per heavy atom. The van der Waals surface area contributed by atoms with Gasteiger partial charge in [0.1, 0.15) is 11.6 Å². The van der Waals surface area contributed by atoms with Crippen LogP contribution in [0.1, 0.15) is 45.2 Å². The lowest BCUT2D eigenvalue weighted by Gasteiger charge is -2.43. The van der Waals surface area contributed by atoms with Crippen molar-refractivity contribution in [2.24, 2.45) is 0 Å². The summed E-state index contributed by atoms with van der Waals surface area (Å²) in [4.78, 5) is 15.0. The number of rotatable bonds is 5. The molecule has 2 aromatic carbocycles. The number of nitriles is 1. The van der Waals surface area contributed by atoms with E-state index in [9.17, 15) is 10.1 Å². The van der Waals surface area contributed by atoms with Gasteiger partial charge in [0.25, 0.3) is 5.91 Å². The summed E-state index contributed by atoms with van der Waals surface area (Å²) in [6, 6.07) is 12.6. The molecule has 0 aliphatic carbocycles. The minimum absolute atomic E-state index is 0.0278. The summed E-state index contributed by atoms with van der Waals surface area (Å²) in [6.45, 7) is 9.50. The van der Waals surface area contributed by atoms with Crippen LogP contribution in [-0.2, 0) is 4.79 Å². The maximum Gasteiger partial charge on any atom is 0.266 e. The van der Waals surface area contributed by atoms with Gasteiger partial charge in [-0.1, -0.05) is 36.2 Å². The van der Waals surface area contributed by atoms with Crippen LogP contribution < -0.4 is 10.2 Å². The van der Waals surface area contributed by atoms with Gasteiger partial charge in [-0.3, -0.25) is 4.79 Å². The molecule has 0 fully saturated rings. The van der Waals surface area contributed by atoms with E-state index in [0.29, 0.717) is 21.3 Å². The van der Waals surface area contributed by atoms with Crippen molar-refractivity contribution in [3.05, 3.63) is 69.2 Å². The third-order valence-electron chi connectivity index (χ3n) is 5.31. The highest BCUT2D eigenvalue weighted by atomic mass is 35.5. The highest BCUT2D eigenvalue weighted by Crippen LogP contribution is 2.41. The van der Waals surface area contributed by atoms with E-state index in [0.717, 1.165) is 29.8 Å². The van der Waals surface area contributed by atoms with Crippen LogP contribution in [0, 0.1) is 11.3 Å². The number of carbonyl (C=O) groups is 1. The molecule has 0 spiro atoms. The van der Waals surface area contributed by atoms with Crippen molar-refractivity contribution in [3.63, 3.8) is 0 Å². The average Bonchev–Trinajstić information content (AvgIpc) is 2.71. The van der Waals surface area contributed by atoms with Gasteiger partial charge in [0, 0.05) is 33.5 Å². The highest BCUT2D eigenvalue weighted by molar-refractivity contribution is 6.33. The first-order valence-corrected chi connectivity index (χ1v) is 10.9. The molecule has 0 bridgehead atoms. The molecular weight excluding hydrogens is 429 g/mol. The maximum absolute atomic E-state index is 12.6. The minimum atomic E-state index is -0.500. The van der Waals surface area contributed by atoms with Gasteiger partial charge in [-0.05, 0) is 80.8 Å². The Bertz CT molecular complexity index is 1110. The van der Waals surface area contributed by atoms with Crippen LogP contribution in [0.15, 0.2) is 48.0 Å². The Morgan fingerprint density at radius 2 is 1.90 bits per heavy atom. The third-order valence-corrected chi connectivity index (χ3v) is 5.89. The first-order valence-electron chi connectivity index (χ1n) is 10.2. The van der Waals surface area contributed by atoms with Gasteiger partial charge < -0.3 is 10.2 Å². The Hall–Kier alpha value is -2.74. The molecule has 2 aromatic rings. The normalized spacial score (nSPS) is 15.1. The molecular formula is C25H25Cl2N3O. The Kier molecular flexibility index (Phi) is 6.79. The van der Waals surface area contributed by atoms with E-state index in [2.05, 4.69) is 44.0 Å². The average molecular weight is 454 g/mol. The summed E-state index contributed by atoms with van der Waals surface area (Å²) < 4.78 is 0. The van der Waals surface area contributed by atoms with Crippen molar-refractivity contribution < 1.29 is 4.79 Å². The van der Waals surface area contributed by atoms with Crippen LogP contribution in [0.25, 0.3) is 11.6 Å². The fraction of sp³-hybridized carbons (Fsp3) is 0.280. The molecule has 6 heteroatoms. The lowest BCUT2D eigenvalue weighted by Crippen LogP contribution is -2.45. The van der Waals surface area contributed by atoms with Crippen molar-refractivity contribution in [2.75, 3.05) is 16.8 Å². The molecule has 31 heavy (non-hydrogen) atoms. The zero-order valence-electron chi connectivity index (χ0n) is 18.1. The zero-order chi connectivity index (χ0) is 22.8. The van der Waals surface area contributed by atoms with Crippen molar-refractivity contribution in [1.82, 2.24) is 0 Å². The number of amides is 1. The second kappa shape index (κ2) is 9.18. The summed E-state index contributed by atoms with van der Waals surface area (Å²) in [7, 11) is 0. The number of anilines is 2. The molecule has 1 amide bonds. The number of nitrogens with zero attached hydrogens (tertiary/aromatic N) is 2. The molecule has 4 nitrogen and oxygen atoms in total. The summed E-state index contributed by atoms with van der Waals surface area (Å²) in [6.07, 6.45) is 4.79. The van der Waals surface area contributed by atoms with E-state index in [1.807, 2.05) is 18.2 Å². The predicted molar refractivity (Wildman–Crippen MR) is 130 cm³/mol. The van der Waals surface area contributed by atoms with Crippen molar-refractivity contribution in [3.8, 4) is 6.07 Å². The molecule has 0 atom stereocenters. The lowest BCUT2D eigenvalue weighted by molar-refractivity contribution is -0.112. The van der Waals surface area contributed by atoms with Crippen LogP contribution in [0.4, 0.5) is 11.4 Å². The first kappa shape index (κ1) is 22.9. The van der Waals surface area contributed by atoms with Gasteiger partial charge in [-0.2, -0.15) is 5.26 Å². The highest BCUT2D eigenvalue weighted by Gasteiger charge is 2.31. The van der Waals surface area contributed by atoms with Crippen LogP contribution in [0.5, 0.6) is 0 Å². The molecule has 3 rings (SSSR count). The topological polar surface area (TPSA) is 56.1 Å². The molecule has 0 radical (unpaired) electrons. The number of hydrogen-bond donors (Lipinski definition) is 1. The Labute approximate surface area is 193 Å². The van der Waals surface area contributed by atoms with Crippen molar-refractivity contribution in [2.45, 2.75) is 39.7 Å². The van der Waals surface area contributed by atoms with E-state index >= 15 is 0 Å². The summed E-state index contributed by atoms with van der Waals surface area (Å²) in [5, 5.41) is 13.4. The standard InChI is InChI=1S/C25H25Cl2N3O/c1-5-10-30-23-13-22(27)17(12-21(23)16(2)14-25(30,3)4)11-18(15-28)24(31)29-20-8-6-19(26)7-9-20/h6-9,11-14H,5,10H2,1-4H3,(H,29,31)/b18-11+. The Balaban J connectivity index is 1.98. The van der Waals surface area contributed by atoms with Gasteiger partial charge >= 0.3 is 0 Å². The molecule has 1 aliphatic heterocycles. The van der Waals surface area contributed by atoms with E-state index in [1.165, 1.54) is 6.08 Å². The van der Waals surface area contributed by atoms with Crippen LogP contribution in [0.3, 0.4) is 0 Å². The number of halogens is 2. The van der Waals surface area contributed by atoms with Gasteiger partial charge in [-0.25, -0.2) is 0 Å². The fourth-order valence-electron chi connectivity index (χ4n) is 3.89. The number of hydrogen-bond acceptors (Lipinski definition) is 3. The molecule has 0 aromatic heterocycles. The molecule has 1 heterocycles. The number of fused-ring (bicyclic) bond motifs is 1. The molecule has 0 saturated heterocycles. The molecule has 160 valence electrons. The monoisotopic (exact) mass is 453 g/mol. The van der Waals surface area contributed by atoms with Crippen LogP contribution in [0.2, 0.25) is 10.0 Å². The molecule has 0 unspecified atom stereocenters. The molecule has 1 aliphatic rings. The predicted octanol–water partition coefficient (Wildman–Crippen LogP) is 6.95. The summed E-state index contributed by atoms with van der Waals surface area (Å²) >= 11 is 12.5. The number of carbonyl (C=O) groups excluding carboxylic acids is 1. The smallest absolute Gasteiger partial charge is 0.266 e. The number of benzene rings is 2. The second-order valence-electron chi connectivity index (χ2n) is 8.15. The maximum atomic E-state index is 12.6. The second-order valence-corrected chi connectivity index (χ2v) is 9.00. The van der Waals surface area contributed by atoms with Crippen LogP contribution in [-0.4, -0.2) is 18.0 Å². The van der Waals surface area contributed by atoms with Gasteiger partial charge in [0.15, 0.2) is 0 Å². The van der Waals surface area contributed by atoms with Crippen molar-refractivity contribution in [1.29, 1.82) is 5.26 Å². The van der Waals surface area contributed by atoms with Gasteiger partial charge in [0.2, 0.25) is 0 Å². The number of nitrogens with one attached hydrogen (secondary N) is 1. The third kappa shape index (κ3) is 4.95. The van der Waals surface area contributed by atoms with Crippen molar-refractivity contribution >= 4 is 52.1 Å². The van der Waals surface area contributed by atoms with E-state index in [-0.39, 0.29) is 11.1 Å². The zero-order valence-corrected chi connectivity index (χ0v) is 19.6. The quantitative estimate of drug-likeness (QED) is 0.393. The van der Waals surface area contributed by atoms with Crippen LogP contribution >= 0.6 is 23.2 Å². The number of allylic oxidation sites excluding steroid dienone is 1. The first-order chi connectivity index (χ1) is 14.7. The van der Waals surface area contributed by atoms with E-state index < -0.39 is 5.91 Å². The lowest BCUT2D eigenvalue weighted by atomic mass is 9.87. The van der Waals surface area contributed by atoms with E-state index in [1.54, 1.807) is 24.3 Å². The minimum Gasteiger partial charge on any atom is -0.362 e. The Morgan fingerprint density at radius 1 is 1.23 bits per heavy atom. The van der Waals surface area contributed by atoms with Gasteiger partial charge in [0.05, 0.1) is 5.54 Å². The largest absolute Gasteiger partial charge is 0.362 e. The molecule has 0 saturated carbocycles. The SMILES string of the molecule is CCCN1c2cc(Cl)c(/C=C(\C#N)C(=O)Nc3ccc(Cl)cc3)cc2C(C)=CC1(C)C. The fourth-order valence-corrected chi connectivity index (χ4v) is 4.23. The molecule has 1 N–H and O–H groups in total.